The van der Waals surface area contributed by atoms with Gasteiger partial charge in [0.25, 0.3) is 0 Å². The predicted molar refractivity (Wildman–Crippen MR) is 82.3 cm³/mol. The van der Waals surface area contributed by atoms with Crippen LogP contribution in [0, 0.1) is 11.8 Å². The lowest BCUT2D eigenvalue weighted by atomic mass is 9.77. The second-order valence-corrected chi connectivity index (χ2v) is 6.48. The average molecular weight is 313 g/mol. The SMILES string of the molecule is COC(=O)[C@@H]1[C@H]2C=C[C@@]3(CN([C@H](C)c4ccccc4)C(=O)[C@@H]13)O2. The first-order chi connectivity index (χ1) is 11.1. The number of fused-ring (bicyclic) bond motifs is 1. The Morgan fingerprint density at radius 1 is 1.39 bits per heavy atom. The summed E-state index contributed by atoms with van der Waals surface area (Å²) in [5, 5.41) is 0. The summed E-state index contributed by atoms with van der Waals surface area (Å²) in [7, 11) is 1.36. The maximum Gasteiger partial charge on any atom is 0.312 e. The number of benzene rings is 1. The van der Waals surface area contributed by atoms with Gasteiger partial charge >= 0.3 is 5.97 Å². The Bertz CT molecular complexity index is 686. The summed E-state index contributed by atoms with van der Waals surface area (Å²) in [5.41, 5.74) is 0.397. The van der Waals surface area contributed by atoms with Gasteiger partial charge in [0.1, 0.15) is 11.5 Å². The van der Waals surface area contributed by atoms with Gasteiger partial charge in [0.15, 0.2) is 0 Å². The van der Waals surface area contributed by atoms with Crippen LogP contribution in [0.1, 0.15) is 18.5 Å². The van der Waals surface area contributed by atoms with E-state index in [1.54, 1.807) is 0 Å². The van der Waals surface area contributed by atoms with Crippen LogP contribution in [0.4, 0.5) is 0 Å². The fourth-order valence-corrected chi connectivity index (χ4v) is 4.17. The summed E-state index contributed by atoms with van der Waals surface area (Å²) in [6.07, 6.45) is 3.50. The average Bonchev–Trinajstić information content (AvgIpc) is 3.22. The molecule has 0 N–H and O–H groups in total. The van der Waals surface area contributed by atoms with Gasteiger partial charge in [0.05, 0.1) is 31.7 Å². The van der Waals surface area contributed by atoms with E-state index in [-0.39, 0.29) is 24.0 Å². The van der Waals surface area contributed by atoms with Crippen molar-refractivity contribution in [3.05, 3.63) is 48.0 Å². The van der Waals surface area contributed by atoms with E-state index in [2.05, 4.69) is 0 Å². The maximum absolute atomic E-state index is 13.0. The molecule has 1 aromatic rings. The third-order valence-corrected chi connectivity index (χ3v) is 5.35. The number of nitrogens with zero attached hydrogens (tertiary/aromatic N) is 1. The lowest BCUT2D eigenvalue weighted by Gasteiger charge is -2.27. The van der Waals surface area contributed by atoms with Gasteiger partial charge in [-0.15, -0.1) is 0 Å². The van der Waals surface area contributed by atoms with Crippen LogP contribution in [0.3, 0.4) is 0 Å². The molecule has 120 valence electrons. The van der Waals surface area contributed by atoms with Crippen LogP contribution >= 0.6 is 0 Å². The minimum absolute atomic E-state index is 0.0244. The molecule has 5 atom stereocenters. The van der Waals surface area contributed by atoms with Crippen molar-refractivity contribution in [2.75, 3.05) is 13.7 Å². The molecular formula is C18H19NO4. The number of carbonyl (C=O) groups excluding carboxylic acids is 2. The Morgan fingerprint density at radius 2 is 2.13 bits per heavy atom. The molecule has 2 fully saturated rings. The molecule has 0 unspecified atom stereocenters. The topological polar surface area (TPSA) is 55.8 Å². The van der Waals surface area contributed by atoms with E-state index in [1.165, 1.54) is 7.11 Å². The predicted octanol–water partition coefficient (Wildman–Crippen LogP) is 1.70. The first-order valence-electron chi connectivity index (χ1n) is 7.88. The number of rotatable bonds is 3. The lowest BCUT2D eigenvalue weighted by molar-refractivity contribution is -0.151. The molecule has 2 saturated heterocycles. The Morgan fingerprint density at radius 3 is 2.83 bits per heavy atom. The molecule has 1 spiro atoms. The summed E-state index contributed by atoms with van der Waals surface area (Å²) < 4.78 is 10.9. The molecule has 23 heavy (non-hydrogen) atoms. The molecule has 5 heteroatoms. The molecular weight excluding hydrogens is 294 g/mol. The fraction of sp³-hybridized carbons (Fsp3) is 0.444. The van der Waals surface area contributed by atoms with Gasteiger partial charge in [0.2, 0.25) is 5.91 Å². The van der Waals surface area contributed by atoms with Crippen molar-refractivity contribution in [1.29, 1.82) is 0 Å². The van der Waals surface area contributed by atoms with Gasteiger partial charge in [-0.2, -0.15) is 0 Å². The number of esters is 1. The molecule has 0 radical (unpaired) electrons. The van der Waals surface area contributed by atoms with Gasteiger partial charge in [-0.05, 0) is 12.5 Å². The number of methoxy groups -OCH3 is 1. The van der Waals surface area contributed by atoms with Crippen LogP contribution in [0.25, 0.3) is 0 Å². The van der Waals surface area contributed by atoms with Crippen molar-refractivity contribution in [3.8, 4) is 0 Å². The number of likely N-dealkylation sites (tertiary alicyclic amines) is 1. The third-order valence-electron chi connectivity index (χ3n) is 5.35. The molecule has 1 amide bonds. The quantitative estimate of drug-likeness (QED) is 0.629. The van der Waals surface area contributed by atoms with Crippen molar-refractivity contribution in [3.63, 3.8) is 0 Å². The molecule has 5 nitrogen and oxygen atoms in total. The Balaban J connectivity index is 1.67. The number of carbonyl (C=O) groups is 2. The highest BCUT2D eigenvalue weighted by Gasteiger charge is 2.67. The van der Waals surface area contributed by atoms with E-state index in [9.17, 15) is 9.59 Å². The van der Waals surface area contributed by atoms with Crippen LogP contribution in [0.5, 0.6) is 0 Å². The molecule has 4 rings (SSSR count). The van der Waals surface area contributed by atoms with Crippen molar-refractivity contribution >= 4 is 11.9 Å². The first kappa shape index (κ1) is 14.5. The van der Waals surface area contributed by atoms with Gasteiger partial charge in [-0.25, -0.2) is 0 Å². The lowest BCUT2D eigenvalue weighted by Crippen LogP contribution is -2.39. The van der Waals surface area contributed by atoms with Gasteiger partial charge < -0.3 is 14.4 Å². The molecule has 3 heterocycles. The molecule has 3 aliphatic rings. The van der Waals surface area contributed by atoms with E-state index < -0.39 is 17.4 Å². The summed E-state index contributed by atoms with van der Waals surface area (Å²) >= 11 is 0. The maximum atomic E-state index is 13.0. The highest BCUT2D eigenvalue weighted by Crippen LogP contribution is 2.53. The van der Waals surface area contributed by atoms with E-state index in [0.29, 0.717) is 6.54 Å². The Labute approximate surface area is 134 Å². The molecule has 3 aliphatic heterocycles. The minimum atomic E-state index is -0.677. The van der Waals surface area contributed by atoms with Crippen LogP contribution in [-0.4, -0.2) is 42.1 Å². The van der Waals surface area contributed by atoms with Crippen molar-refractivity contribution < 1.29 is 19.1 Å². The monoisotopic (exact) mass is 313 g/mol. The van der Waals surface area contributed by atoms with Crippen LogP contribution in [0.15, 0.2) is 42.5 Å². The van der Waals surface area contributed by atoms with Crippen molar-refractivity contribution in [1.82, 2.24) is 4.90 Å². The minimum Gasteiger partial charge on any atom is -0.469 e. The van der Waals surface area contributed by atoms with Crippen LogP contribution in [-0.2, 0) is 19.1 Å². The summed E-state index contributed by atoms with van der Waals surface area (Å²) in [6, 6.07) is 9.84. The number of amides is 1. The third kappa shape index (κ3) is 1.89. The zero-order valence-corrected chi connectivity index (χ0v) is 13.1. The van der Waals surface area contributed by atoms with Crippen LogP contribution in [0.2, 0.25) is 0 Å². The van der Waals surface area contributed by atoms with Crippen LogP contribution < -0.4 is 0 Å². The molecule has 0 aliphatic carbocycles. The molecule has 0 aromatic heterocycles. The zero-order chi connectivity index (χ0) is 16.2. The van der Waals surface area contributed by atoms with E-state index in [0.717, 1.165) is 5.56 Å². The van der Waals surface area contributed by atoms with Crippen molar-refractivity contribution in [2.45, 2.75) is 24.7 Å². The van der Waals surface area contributed by atoms with E-state index in [4.69, 9.17) is 9.47 Å². The summed E-state index contributed by atoms with van der Waals surface area (Å²) in [5.74, 6) is -1.40. The van der Waals surface area contributed by atoms with Gasteiger partial charge in [0, 0.05) is 0 Å². The van der Waals surface area contributed by atoms with Gasteiger partial charge in [-0.3, -0.25) is 9.59 Å². The first-order valence-corrected chi connectivity index (χ1v) is 7.88. The fourth-order valence-electron chi connectivity index (χ4n) is 4.17. The highest BCUT2D eigenvalue weighted by molar-refractivity contribution is 5.91. The van der Waals surface area contributed by atoms with E-state index >= 15 is 0 Å². The Kier molecular flexibility index (Phi) is 3.10. The van der Waals surface area contributed by atoms with Crippen molar-refractivity contribution in [2.24, 2.45) is 11.8 Å². The summed E-state index contributed by atoms with van der Waals surface area (Å²) in [6.45, 7) is 2.49. The smallest absolute Gasteiger partial charge is 0.312 e. The Hall–Kier alpha value is -2.14. The van der Waals surface area contributed by atoms with Gasteiger partial charge in [-0.1, -0.05) is 42.5 Å². The number of hydrogen-bond acceptors (Lipinski definition) is 4. The van der Waals surface area contributed by atoms with E-state index in [1.807, 2.05) is 54.3 Å². The number of hydrogen-bond donors (Lipinski definition) is 0. The molecule has 0 saturated carbocycles. The second-order valence-electron chi connectivity index (χ2n) is 6.48. The molecule has 2 bridgehead atoms. The molecule has 1 aromatic carbocycles. The largest absolute Gasteiger partial charge is 0.469 e. The number of ether oxygens (including phenoxy) is 2. The highest BCUT2D eigenvalue weighted by atomic mass is 16.5. The normalized spacial score (nSPS) is 35.5. The summed E-state index contributed by atoms with van der Waals surface area (Å²) in [4.78, 5) is 27.0. The standard InChI is InChI=1S/C18H19NO4/c1-11(12-6-4-3-5-7-12)19-10-18-9-8-13(23-18)14(17(21)22-2)15(18)16(19)20/h3-9,11,13-15H,10H2,1-2H3/t11-,13-,14-,15-,18+/m1/s1. The second kappa shape index (κ2) is 4.93. The zero-order valence-electron chi connectivity index (χ0n) is 13.1.